The number of rotatable bonds is 5. The molecule has 14 rings (SSSR count). The van der Waals surface area contributed by atoms with Gasteiger partial charge < -0.3 is 13.4 Å². The van der Waals surface area contributed by atoms with Crippen LogP contribution in [0.15, 0.2) is 203 Å². The first-order valence-corrected chi connectivity index (χ1v) is 22.1. The molecule has 0 aliphatic heterocycles. The van der Waals surface area contributed by atoms with E-state index in [2.05, 4.69) is 120 Å². The van der Waals surface area contributed by atoms with Crippen LogP contribution >= 0.6 is 11.3 Å². The molecule has 298 valence electrons. The van der Waals surface area contributed by atoms with Crippen molar-refractivity contribution in [2.24, 2.45) is 0 Å². The predicted molar refractivity (Wildman–Crippen MR) is 263 cm³/mol. The molecule has 0 aliphatic carbocycles. The highest BCUT2D eigenvalue weighted by atomic mass is 32.1. The van der Waals surface area contributed by atoms with Gasteiger partial charge in [-0.05, 0) is 96.1 Å². The minimum Gasteiger partial charge on any atom is -0.456 e. The number of aromatic nitrogens is 4. The fraction of sp³-hybridized carbons (Fsp3) is 0. The number of furan rings is 2. The molecule has 14 aromatic rings. The zero-order valence-corrected chi connectivity index (χ0v) is 34.8. The van der Waals surface area contributed by atoms with Gasteiger partial charge in [-0.2, -0.15) is 0 Å². The van der Waals surface area contributed by atoms with Gasteiger partial charge in [0.2, 0.25) is 0 Å². The van der Waals surface area contributed by atoms with Gasteiger partial charge in [-0.3, -0.25) is 0 Å². The summed E-state index contributed by atoms with van der Waals surface area (Å²) in [5, 5.41) is 9.05. The number of para-hydroxylation sites is 2. The summed E-state index contributed by atoms with van der Waals surface area (Å²) in [6, 6.07) is 68.2. The molecule has 64 heavy (non-hydrogen) atoms. The molecule has 5 heterocycles. The van der Waals surface area contributed by atoms with E-state index in [1.54, 1.807) is 0 Å². The molecule has 0 unspecified atom stereocenters. The summed E-state index contributed by atoms with van der Waals surface area (Å²) < 4.78 is 17.5. The Bertz CT molecular complexity index is 4140. The Morgan fingerprint density at radius 3 is 1.55 bits per heavy atom. The Hall–Kier alpha value is -8.39. The lowest BCUT2D eigenvalue weighted by molar-refractivity contribution is 0.664. The van der Waals surface area contributed by atoms with Gasteiger partial charge in [-0.15, -0.1) is 11.3 Å². The molecule has 0 bridgehead atoms. The third kappa shape index (κ3) is 5.41. The average Bonchev–Trinajstić information content (AvgIpc) is 4.11. The zero-order chi connectivity index (χ0) is 41.9. The highest BCUT2D eigenvalue weighted by Crippen LogP contribution is 2.42. The Balaban J connectivity index is 0.889. The molecule has 0 radical (unpaired) electrons. The molecule has 0 saturated heterocycles. The topological polar surface area (TPSA) is 69.9 Å². The Labute approximate surface area is 368 Å². The van der Waals surface area contributed by atoms with Crippen LogP contribution in [0.3, 0.4) is 0 Å². The minimum atomic E-state index is 0.645. The maximum Gasteiger partial charge on any atom is 0.164 e. The van der Waals surface area contributed by atoms with Crippen LogP contribution in [0, 0.1) is 0 Å². The number of hydrogen-bond donors (Lipinski definition) is 0. The average molecular weight is 837 g/mol. The highest BCUT2D eigenvalue weighted by Gasteiger charge is 2.19. The number of thiophene rings is 1. The van der Waals surface area contributed by atoms with Gasteiger partial charge >= 0.3 is 0 Å². The van der Waals surface area contributed by atoms with Gasteiger partial charge in [0, 0.05) is 74.9 Å². The molecular weight excluding hydrogens is 805 g/mol. The second-order valence-corrected chi connectivity index (χ2v) is 17.5. The minimum absolute atomic E-state index is 0.645. The van der Waals surface area contributed by atoms with Crippen LogP contribution in [0.4, 0.5) is 0 Å². The van der Waals surface area contributed by atoms with E-state index in [0.29, 0.717) is 17.5 Å². The maximum atomic E-state index is 6.42. The molecule has 0 N–H and O–H groups in total. The van der Waals surface area contributed by atoms with Crippen molar-refractivity contribution in [2.45, 2.75) is 0 Å². The van der Waals surface area contributed by atoms with E-state index in [-0.39, 0.29) is 0 Å². The summed E-state index contributed by atoms with van der Waals surface area (Å²) in [4.78, 5) is 15.0. The molecule has 0 atom stereocenters. The van der Waals surface area contributed by atoms with Gasteiger partial charge in [0.15, 0.2) is 17.5 Å². The summed E-state index contributed by atoms with van der Waals surface area (Å²) in [5.41, 5.74) is 12.0. The normalized spacial score (nSPS) is 12.1. The van der Waals surface area contributed by atoms with Crippen molar-refractivity contribution in [1.82, 2.24) is 19.5 Å². The standard InChI is InChI=1S/C57H32N4O2S/c1-3-11-33(12-4-1)55-58-56(34-13-5-2-6-14-34)60-57(59-55)37-21-25-53-45(29-37)46-30-38(22-26-54(46)64-53)61-47-17-9-7-15-39(47)41-27-35(19-23-48(41)61)36-20-24-50-42(28-36)44-32-51-43(31-52(44)63-50)40-16-8-10-18-49(40)62-51/h1-32H. The molecule has 0 saturated carbocycles. The monoisotopic (exact) mass is 836 g/mol. The largest absolute Gasteiger partial charge is 0.456 e. The summed E-state index contributed by atoms with van der Waals surface area (Å²) in [6.07, 6.45) is 0. The molecule has 6 nitrogen and oxygen atoms in total. The molecule has 0 amide bonds. The van der Waals surface area contributed by atoms with Gasteiger partial charge in [-0.1, -0.05) is 109 Å². The first-order chi connectivity index (χ1) is 31.7. The van der Waals surface area contributed by atoms with Crippen LogP contribution in [-0.4, -0.2) is 19.5 Å². The van der Waals surface area contributed by atoms with Crippen LogP contribution in [0.25, 0.3) is 137 Å². The number of fused-ring (bicyclic) bond motifs is 12. The van der Waals surface area contributed by atoms with Crippen molar-refractivity contribution in [3.05, 3.63) is 194 Å². The molecule has 9 aromatic carbocycles. The van der Waals surface area contributed by atoms with Gasteiger partial charge in [0.25, 0.3) is 0 Å². The van der Waals surface area contributed by atoms with E-state index in [1.165, 1.54) is 30.9 Å². The van der Waals surface area contributed by atoms with Gasteiger partial charge in [-0.25, -0.2) is 15.0 Å². The third-order valence-corrected chi connectivity index (χ3v) is 13.8. The number of hydrogen-bond acceptors (Lipinski definition) is 6. The first kappa shape index (κ1) is 35.2. The summed E-state index contributed by atoms with van der Waals surface area (Å²) in [6.45, 7) is 0. The number of nitrogens with zero attached hydrogens (tertiary/aromatic N) is 4. The summed E-state index contributed by atoms with van der Waals surface area (Å²) in [5.74, 6) is 1.94. The highest BCUT2D eigenvalue weighted by molar-refractivity contribution is 7.25. The quantitative estimate of drug-likeness (QED) is 0.173. The molecule has 0 spiro atoms. The van der Waals surface area contributed by atoms with E-state index in [0.717, 1.165) is 88.4 Å². The number of benzene rings is 9. The van der Waals surface area contributed by atoms with Crippen molar-refractivity contribution in [1.29, 1.82) is 0 Å². The van der Waals surface area contributed by atoms with E-state index in [9.17, 15) is 0 Å². The lowest BCUT2D eigenvalue weighted by Crippen LogP contribution is -2.00. The SMILES string of the molecule is c1ccc(-c2nc(-c3ccccc3)nc(-c3ccc4sc5ccc(-n6c7ccccc7c7cc(-c8ccc9oc%10cc%11c(cc%10c9c8)oc8ccccc8%11)ccc76)cc5c4c3)n2)cc1. The lowest BCUT2D eigenvalue weighted by atomic mass is 10.0. The smallest absolute Gasteiger partial charge is 0.164 e. The van der Waals surface area contributed by atoms with Crippen molar-refractivity contribution >= 4 is 97.2 Å². The van der Waals surface area contributed by atoms with Crippen molar-refractivity contribution in [2.75, 3.05) is 0 Å². The Kier molecular flexibility index (Phi) is 7.46. The van der Waals surface area contributed by atoms with Crippen molar-refractivity contribution < 1.29 is 8.83 Å². The van der Waals surface area contributed by atoms with Crippen LogP contribution < -0.4 is 0 Å². The van der Waals surface area contributed by atoms with E-state index in [1.807, 2.05) is 90.2 Å². The van der Waals surface area contributed by atoms with Crippen molar-refractivity contribution in [3.8, 4) is 51.0 Å². The predicted octanol–water partition coefficient (Wildman–Crippen LogP) is 15.8. The molecule has 5 aromatic heterocycles. The third-order valence-electron chi connectivity index (χ3n) is 12.6. The van der Waals surface area contributed by atoms with Crippen molar-refractivity contribution in [3.63, 3.8) is 0 Å². The van der Waals surface area contributed by atoms with Crippen LogP contribution in [0.5, 0.6) is 0 Å². The Morgan fingerprint density at radius 1 is 0.312 bits per heavy atom. The first-order valence-electron chi connectivity index (χ1n) is 21.3. The maximum absolute atomic E-state index is 6.42. The Morgan fingerprint density at radius 2 is 0.812 bits per heavy atom. The summed E-state index contributed by atoms with van der Waals surface area (Å²) >= 11 is 1.81. The molecular formula is C57H32N4O2S. The van der Waals surface area contributed by atoms with Crippen LogP contribution in [0.2, 0.25) is 0 Å². The van der Waals surface area contributed by atoms with E-state index >= 15 is 0 Å². The van der Waals surface area contributed by atoms with Gasteiger partial charge in [0.1, 0.15) is 22.3 Å². The second kappa shape index (κ2) is 13.6. The van der Waals surface area contributed by atoms with Gasteiger partial charge in [0.05, 0.1) is 11.0 Å². The van der Waals surface area contributed by atoms with Crippen LogP contribution in [0.1, 0.15) is 0 Å². The zero-order valence-electron chi connectivity index (χ0n) is 34.0. The van der Waals surface area contributed by atoms with E-state index in [4.69, 9.17) is 23.8 Å². The molecule has 0 aliphatic rings. The molecule has 7 heteroatoms. The fourth-order valence-electron chi connectivity index (χ4n) is 9.59. The second-order valence-electron chi connectivity index (χ2n) is 16.4. The fourth-order valence-corrected chi connectivity index (χ4v) is 10.7. The lowest BCUT2D eigenvalue weighted by Gasteiger charge is -2.10. The van der Waals surface area contributed by atoms with Crippen LogP contribution in [-0.2, 0) is 0 Å². The summed E-state index contributed by atoms with van der Waals surface area (Å²) in [7, 11) is 0. The molecule has 0 fully saturated rings. The van der Waals surface area contributed by atoms with E-state index < -0.39 is 0 Å².